The second-order valence-corrected chi connectivity index (χ2v) is 2.97. The summed E-state index contributed by atoms with van der Waals surface area (Å²) in [7, 11) is 0. The van der Waals surface area contributed by atoms with Gasteiger partial charge in [0.25, 0.3) is 0 Å². The highest BCUT2D eigenvalue weighted by atomic mass is 16.5. The van der Waals surface area contributed by atoms with Gasteiger partial charge < -0.3 is 5.11 Å². The molecule has 5 nitrogen and oxygen atoms in total. The molecule has 0 spiro atoms. The van der Waals surface area contributed by atoms with Gasteiger partial charge in [-0.1, -0.05) is 6.07 Å². The van der Waals surface area contributed by atoms with E-state index < -0.39 is 5.97 Å². The number of nitrogens with zero attached hydrogens (tertiary/aromatic N) is 2. The molecule has 0 atom stereocenters. The molecule has 2 rings (SSSR count). The highest BCUT2D eigenvalue weighted by molar-refractivity contribution is 5.88. The summed E-state index contributed by atoms with van der Waals surface area (Å²) in [5.41, 5.74) is 0.850. The third kappa shape index (κ3) is 1.33. The maximum atomic E-state index is 10.7. The molecular weight excluding hydrogens is 184 g/mol. The Morgan fingerprint density at radius 3 is 3.07 bits per heavy atom. The van der Waals surface area contributed by atoms with Crippen LogP contribution in [0.5, 0.6) is 0 Å². The Morgan fingerprint density at radius 1 is 1.57 bits per heavy atom. The van der Waals surface area contributed by atoms with E-state index in [4.69, 9.17) is 5.11 Å². The van der Waals surface area contributed by atoms with Crippen LogP contribution in [0.15, 0.2) is 30.1 Å². The molecule has 14 heavy (non-hydrogen) atoms. The first-order valence-corrected chi connectivity index (χ1v) is 4.04. The number of anilines is 1. The van der Waals surface area contributed by atoms with E-state index in [0.29, 0.717) is 11.4 Å². The molecule has 0 saturated heterocycles. The average molecular weight is 192 g/mol. The molecule has 0 aliphatic carbocycles. The quantitative estimate of drug-likeness (QED) is 0.688. The van der Waals surface area contributed by atoms with Crippen LogP contribution >= 0.6 is 0 Å². The fraction of sp³-hybridized carbons (Fsp3) is 0.111. The van der Waals surface area contributed by atoms with Gasteiger partial charge in [0.05, 0.1) is 5.57 Å². The van der Waals surface area contributed by atoms with Gasteiger partial charge in [-0.15, -0.1) is 0 Å². The number of hydrogen-bond donors (Lipinski definition) is 2. The van der Waals surface area contributed by atoms with Crippen molar-refractivity contribution in [3.05, 3.63) is 35.7 Å². The van der Waals surface area contributed by atoms with Gasteiger partial charge in [-0.2, -0.15) is 0 Å². The largest absolute Gasteiger partial charge is 0.478 e. The van der Waals surface area contributed by atoms with E-state index in [1.165, 1.54) is 0 Å². The van der Waals surface area contributed by atoms with Crippen LogP contribution in [0.25, 0.3) is 0 Å². The monoisotopic (exact) mass is 192 g/mol. The minimum absolute atomic E-state index is 0.146. The molecule has 0 bridgehead atoms. The van der Waals surface area contributed by atoms with Crippen LogP contribution in [0.4, 0.5) is 5.82 Å². The van der Waals surface area contributed by atoms with Gasteiger partial charge in [0.2, 0.25) is 0 Å². The van der Waals surface area contributed by atoms with Gasteiger partial charge in [-0.05, 0) is 6.07 Å². The number of pyridine rings is 1. The molecule has 5 heteroatoms. The van der Waals surface area contributed by atoms with Crippen molar-refractivity contribution in [1.82, 2.24) is 4.98 Å². The van der Waals surface area contributed by atoms with Crippen molar-refractivity contribution < 1.29 is 15.1 Å². The molecule has 2 heterocycles. The molecule has 0 unspecified atom stereocenters. The number of carboxylic acids is 1. The minimum Gasteiger partial charge on any atom is -0.478 e. The van der Waals surface area contributed by atoms with Crippen molar-refractivity contribution in [2.45, 2.75) is 6.42 Å². The van der Waals surface area contributed by atoms with Gasteiger partial charge in [0.15, 0.2) is 5.82 Å². The van der Waals surface area contributed by atoms with Crippen molar-refractivity contribution in [1.29, 1.82) is 0 Å². The smallest absolute Gasteiger partial charge is 0.333 e. The summed E-state index contributed by atoms with van der Waals surface area (Å²) >= 11 is 0. The van der Waals surface area contributed by atoms with Gasteiger partial charge in [0.1, 0.15) is 0 Å². The normalized spacial score (nSPS) is 14.6. The first-order chi connectivity index (χ1) is 6.68. The van der Waals surface area contributed by atoms with Crippen molar-refractivity contribution in [3.8, 4) is 0 Å². The van der Waals surface area contributed by atoms with E-state index >= 15 is 0 Å². The van der Waals surface area contributed by atoms with Crippen LogP contribution in [-0.2, 0) is 11.2 Å². The Hall–Kier alpha value is -1.88. The molecule has 1 aromatic rings. The maximum absolute atomic E-state index is 10.7. The maximum Gasteiger partial charge on any atom is 0.333 e. The van der Waals surface area contributed by atoms with E-state index in [0.717, 1.165) is 11.3 Å². The third-order valence-corrected chi connectivity index (χ3v) is 2.02. The molecule has 1 aromatic heterocycles. The molecule has 0 saturated carbocycles. The van der Waals surface area contributed by atoms with Crippen molar-refractivity contribution in [3.63, 3.8) is 0 Å². The van der Waals surface area contributed by atoms with Crippen LogP contribution in [0.2, 0.25) is 0 Å². The standard InChI is InChI=1S/C9H8N2O3/c12-9(13)7-4-6-2-1-3-10-8(6)11(14)5-7/h1-3,5,14H,4H2,(H,12,13). The van der Waals surface area contributed by atoms with E-state index in [1.54, 1.807) is 18.3 Å². The number of carboxylic acid groups (broad SMARTS) is 1. The third-order valence-electron chi connectivity index (χ3n) is 2.02. The predicted molar refractivity (Wildman–Crippen MR) is 47.9 cm³/mol. The number of carbonyl (C=O) groups is 1. The van der Waals surface area contributed by atoms with E-state index in [9.17, 15) is 10.0 Å². The van der Waals surface area contributed by atoms with Crippen LogP contribution in [0, 0.1) is 0 Å². The lowest BCUT2D eigenvalue weighted by Crippen LogP contribution is -2.22. The summed E-state index contributed by atoms with van der Waals surface area (Å²) in [6.07, 6.45) is 2.99. The first kappa shape index (κ1) is 8.71. The number of fused-ring (bicyclic) bond motifs is 1. The number of rotatable bonds is 1. The molecule has 1 aliphatic rings. The molecule has 0 fully saturated rings. The Bertz CT molecular complexity index is 414. The summed E-state index contributed by atoms with van der Waals surface area (Å²) < 4.78 is 0. The Kier molecular flexibility index (Phi) is 1.94. The summed E-state index contributed by atoms with van der Waals surface area (Å²) in [6.45, 7) is 0. The predicted octanol–water partition coefficient (Wildman–Crippen LogP) is 0.802. The Labute approximate surface area is 79.9 Å². The molecule has 0 radical (unpaired) electrons. The molecule has 0 amide bonds. The highest BCUT2D eigenvalue weighted by Crippen LogP contribution is 2.24. The zero-order chi connectivity index (χ0) is 10.1. The summed E-state index contributed by atoms with van der Waals surface area (Å²) in [6, 6.07) is 3.44. The van der Waals surface area contributed by atoms with E-state index in [1.807, 2.05) is 0 Å². The van der Waals surface area contributed by atoms with Gasteiger partial charge in [-0.25, -0.2) is 14.8 Å². The second-order valence-electron chi connectivity index (χ2n) is 2.97. The number of aliphatic carboxylic acids is 1. The summed E-state index contributed by atoms with van der Waals surface area (Å²) in [5.74, 6) is -0.643. The molecule has 72 valence electrons. The lowest BCUT2D eigenvalue weighted by atomic mass is 10.0. The number of aromatic nitrogens is 1. The SMILES string of the molecule is O=C(O)C1=CN(O)c2ncccc2C1. The minimum atomic E-state index is -1.03. The zero-order valence-electron chi connectivity index (χ0n) is 7.21. The van der Waals surface area contributed by atoms with Crippen LogP contribution in [0.3, 0.4) is 0 Å². The second kappa shape index (κ2) is 3.12. The topological polar surface area (TPSA) is 73.7 Å². The van der Waals surface area contributed by atoms with Crippen LogP contribution < -0.4 is 5.06 Å². The lowest BCUT2D eigenvalue weighted by Gasteiger charge is -2.20. The Balaban J connectivity index is 2.42. The van der Waals surface area contributed by atoms with Crippen molar-refractivity contribution in [2.24, 2.45) is 0 Å². The van der Waals surface area contributed by atoms with Gasteiger partial charge in [-0.3, -0.25) is 5.21 Å². The molecule has 0 aromatic carbocycles. The fourth-order valence-corrected chi connectivity index (χ4v) is 1.36. The van der Waals surface area contributed by atoms with Gasteiger partial charge >= 0.3 is 5.97 Å². The summed E-state index contributed by atoms with van der Waals surface area (Å²) in [4.78, 5) is 14.6. The molecule has 2 N–H and O–H groups in total. The summed E-state index contributed by atoms with van der Waals surface area (Å²) in [5, 5.41) is 18.9. The first-order valence-electron chi connectivity index (χ1n) is 4.04. The fourth-order valence-electron chi connectivity index (χ4n) is 1.36. The highest BCUT2D eigenvalue weighted by Gasteiger charge is 2.20. The van der Waals surface area contributed by atoms with Crippen LogP contribution in [0.1, 0.15) is 5.56 Å². The average Bonchev–Trinajstić information content (AvgIpc) is 2.17. The van der Waals surface area contributed by atoms with E-state index in [-0.39, 0.29) is 12.0 Å². The zero-order valence-corrected chi connectivity index (χ0v) is 7.21. The van der Waals surface area contributed by atoms with Crippen LogP contribution in [-0.4, -0.2) is 21.3 Å². The van der Waals surface area contributed by atoms with Gasteiger partial charge in [0, 0.05) is 24.4 Å². The molecular formula is C9H8N2O3. The Morgan fingerprint density at radius 2 is 2.36 bits per heavy atom. The molecule has 1 aliphatic heterocycles. The van der Waals surface area contributed by atoms with E-state index in [2.05, 4.69) is 4.98 Å². The number of hydroxylamine groups is 1. The number of hydrogen-bond acceptors (Lipinski definition) is 4. The van der Waals surface area contributed by atoms with Crippen molar-refractivity contribution >= 4 is 11.8 Å². The van der Waals surface area contributed by atoms with Crippen molar-refractivity contribution in [2.75, 3.05) is 5.06 Å². The lowest BCUT2D eigenvalue weighted by molar-refractivity contribution is -0.132.